The lowest BCUT2D eigenvalue weighted by atomic mass is 10.0. The van der Waals surface area contributed by atoms with Crippen LogP contribution in [0.1, 0.15) is 122 Å². The first-order valence-electron chi connectivity index (χ1n) is 29.5. The summed E-state index contributed by atoms with van der Waals surface area (Å²) in [5, 5.41) is 27.8. The number of urea groups is 1. The summed E-state index contributed by atoms with van der Waals surface area (Å²) in [6.07, 6.45) is 7.92. The topological polar surface area (TPSA) is 491 Å². The summed E-state index contributed by atoms with van der Waals surface area (Å²) >= 11 is 6.04. The zero-order chi connectivity index (χ0) is 62.7. The van der Waals surface area contributed by atoms with Crippen LogP contribution in [0.25, 0.3) is 0 Å². The molecule has 2 aliphatic rings. The van der Waals surface area contributed by atoms with Crippen molar-refractivity contribution in [2.45, 2.75) is 170 Å². The highest BCUT2D eigenvalue weighted by atomic mass is 32.2. The lowest BCUT2D eigenvalue weighted by Crippen LogP contribution is -2.56. The van der Waals surface area contributed by atoms with Gasteiger partial charge in [-0.3, -0.25) is 48.3 Å². The van der Waals surface area contributed by atoms with Gasteiger partial charge in [-0.15, -0.1) is 0 Å². The van der Waals surface area contributed by atoms with Crippen LogP contribution in [-0.2, 0) is 44.8 Å². The second kappa shape index (κ2) is 40.6. The SMILES string of the molecule is CC(O)C(NC(=O)CCCCC1SCC2NC(=O)NC21)C(=O)NCCN(C(=O)CCS)C(CCCN=C(N)N)C(=O)NCCN(C(=O)CCCCCN)C(Cc1cnc[nH]1)C(=O)NCCN(C(=O)CCCCN=C(N)N)C(CCCCN)C(N)=O. The molecule has 1 aromatic heterocycles. The Balaban J connectivity index is 1.82. The Hall–Kier alpha value is -6.64. The van der Waals surface area contributed by atoms with Crippen molar-refractivity contribution in [1.29, 1.82) is 0 Å². The van der Waals surface area contributed by atoms with E-state index in [2.05, 4.69) is 64.5 Å². The van der Waals surface area contributed by atoms with Crippen LogP contribution >= 0.6 is 24.4 Å². The van der Waals surface area contributed by atoms with Crippen LogP contribution < -0.4 is 72.0 Å². The number of fused-ring (bicyclic) bond motifs is 1. The third-order valence-corrected chi connectivity index (χ3v) is 16.2. The van der Waals surface area contributed by atoms with Gasteiger partial charge in [0.15, 0.2) is 11.9 Å². The summed E-state index contributed by atoms with van der Waals surface area (Å²) in [5.74, 6) is -3.71. The second-order valence-corrected chi connectivity index (χ2v) is 22.8. The molecule has 10 amide bonds. The molecule has 0 aromatic carbocycles. The molecule has 2 aliphatic heterocycles. The smallest absolute Gasteiger partial charge is 0.315 e. The van der Waals surface area contributed by atoms with E-state index in [1.165, 1.54) is 34.1 Å². The number of aromatic nitrogens is 2. The number of aliphatic imine (C=N–C) groups is 2. The molecule has 8 atom stereocenters. The number of primary amides is 1. The predicted molar refractivity (Wildman–Crippen MR) is 328 cm³/mol. The van der Waals surface area contributed by atoms with E-state index in [9.17, 15) is 48.3 Å². The molecule has 0 radical (unpaired) electrons. The van der Waals surface area contributed by atoms with Crippen LogP contribution in [0.5, 0.6) is 0 Å². The van der Waals surface area contributed by atoms with E-state index in [-0.39, 0.29) is 144 Å². The normalized spacial score (nSPS) is 16.9. The fraction of sp³-hybridized carbons (Fsp3) is 0.736. The summed E-state index contributed by atoms with van der Waals surface area (Å²) in [6.45, 7) is 1.53. The van der Waals surface area contributed by atoms with Gasteiger partial charge in [0.05, 0.1) is 24.5 Å². The molecular weight excluding hydrogens is 1140 g/mol. The number of aliphatic hydroxyl groups is 1. The Bertz CT molecular complexity index is 2310. The lowest BCUT2D eigenvalue weighted by Gasteiger charge is -2.34. The predicted octanol–water partition coefficient (Wildman–Crippen LogP) is -3.57. The van der Waals surface area contributed by atoms with Crippen molar-refractivity contribution in [3.63, 3.8) is 0 Å². The molecule has 2 fully saturated rings. The molecule has 480 valence electrons. The van der Waals surface area contributed by atoms with Crippen LogP contribution in [-0.4, -0.2) is 220 Å². The van der Waals surface area contributed by atoms with Crippen molar-refractivity contribution in [3.8, 4) is 0 Å². The minimum absolute atomic E-state index is 0.0293. The third kappa shape index (κ3) is 27.1. The van der Waals surface area contributed by atoms with E-state index in [4.69, 9.17) is 40.1 Å². The van der Waals surface area contributed by atoms with E-state index in [1.807, 2.05) is 0 Å². The molecule has 22 N–H and O–H groups in total. The maximum absolute atomic E-state index is 14.6. The van der Waals surface area contributed by atoms with Gasteiger partial charge in [0.1, 0.15) is 24.2 Å². The van der Waals surface area contributed by atoms with Crippen LogP contribution in [0, 0.1) is 0 Å². The fourth-order valence-electron chi connectivity index (χ4n) is 10.1. The van der Waals surface area contributed by atoms with E-state index >= 15 is 0 Å². The van der Waals surface area contributed by atoms with Crippen molar-refractivity contribution in [2.75, 3.05) is 77.0 Å². The number of nitrogens with one attached hydrogen (secondary N) is 7. The monoisotopic (exact) mass is 1240 g/mol. The van der Waals surface area contributed by atoms with Crippen molar-refractivity contribution < 1.29 is 48.3 Å². The average molecular weight is 1240 g/mol. The number of guanidine groups is 2. The Morgan fingerprint density at radius 3 is 1.81 bits per heavy atom. The quantitative estimate of drug-likeness (QED) is 0.00988. The number of H-pyrrole nitrogens is 1. The summed E-state index contributed by atoms with van der Waals surface area (Å²) < 4.78 is 0. The van der Waals surface area contributed by atoms with E-state index in [0.29, 0.717) is 83.1 Å². The van der Waals surface area contributed by atoms with Gasteiger partial charge in [-0.05, 0) is 96.4 Å². The van der Waals surface area contributed by atoms with Gasteiger partial charge in [0.25, 0.3) is 0 Å². The van der Waals surface area contributed by atoms with Crippen molar-refractivity contribution >= 4 is 89.6 Å². The number of imidazole rings is 1. The average Bonchev–Trinajstić information content (AvgIpc) is 3.61. The zero-order valence-corrected chi connectivity index (χ0v) is 50.9. The molecule has 3 heterocycles. The highest BCUT2D eigenvalue weighted by Crippen LogP contribution is 2.33. The summed E-state index contributed by atoms with van der Waals surface area (Å²) in [4.78, 5) is 141. The summed E-state index contributed by atoms with van der Waals surface area (Å²) in [6, 6.07) is -4.75. The second-order valence-electron chi connectivity index (χ2n) is 21.1. The van der Waals surface area contributed by atoms with E-state index in [0.717, 1.165) is 12.2 Å². The largest absolute Gasteiger partial charge is 0.391 e. The minimum atomic E-state index is -1.34. The first-order chi connectivity index (χ1) is 40.7. The molecule has 0 saturated carbocycles. The Kier molecular flexibility index (Phi) is 34.7. The van der Waals surface area contributed by atoms with Gasteiger partial charge >= 0.3 is 6.03 Å². The summed E-state index contributed by atoms with van der Waals surface area (Å²) in [5.41, 5.74) is 39.9. The molecule has 30 nitrogen and oxygen atoms in total. The van der Waals surface area contributed by atoms with Gasteiger partial charge < -0.3 is 96.8 Å². The van der Waals surface area contributed by atoms with E-state index < -0.39 is 71.6 Å². The number of aromatic amines is 1. The molecule has 3 rings (SSSR count). The molecule has 2 saturated heterocycles. The number of nitrogens with two attached hydrogens (primary N) is 7. The van der Waals surface area contributed by atoms with Crippen LogP contribution in [0.15, 0.2) is 22.5 Å². The van der Waals surface area contributed by atoms with Gasteiger partial charge in [-0.2, -0.15) is 24.4 Å². The third-order valence-electron chi connectivity index (χ3n) is 14.5. The minimum Gasteiger partial charge on any atom is -0.391 e. The number of hydrogen-bond acceptors (Lipinski definition) is 17. The summed E-state index contributed by atoms with van der Waals surface area (Å²) in [7, 11) is 0. The van der Waals surface area contributed by atoms with Gasteiger partial charge in [-0.25, -0.2) is 9.78 Å². The number of amides is 10. The number of thiol groups is 1. The first-order valence-corrected chi connectivity index (χ1v) is 31.2. The highest BCUT2D eigenvalue weighted by Gasteiger charge is 2.43. The van der Waals surface area contributed by atoms with Gasteiger partial charge in [-0.1, -0.05) is 12.8 Å². The van der Waals surface area contributed by atoms with Crippen LogP contribution in [0.4, 0.5) is 4.79 Å². The van der Waals surface area contributed by atoms with Crippen molar-refractivity contribution in [2.24, 2.45) is 50.1 Å². The first kappa shape index (κ1) is 72.6. The number of carbonyl (C=O) groups is 9. The number of thioether (sulfide) groups is 1. The van der Waals surface area contributed by atoms with Crippen molar-refractivity contribution in [3.05, 3.63) is 18.2 Å². The lowest BCUT2D eigenvalue weighted by molar-refractivity contribution is -0.142. The molecule has 0 spiro atoms. The Labute approximate surface area is 507 Å². The Morgan fingerprint density at radius 1 is 0.694 bits per heavy atom. The molecule has 1 aromatic rings. The number of aliphatic hydroxyl groups excluding tert-OH is 1. The van der Waals surface area contributed by atoms with Crippen LogP contribution in [0.2, 0.25) is 0 Å². The molecule has 0 bridgehead atoms. The number of nitrogens with zero attached hydrogens (tertiary/aromatic N) is 6. The molecule has 8 unspecified atom stereocenters. The number of hydrogen-bond donors (Lipinski definition) is 16. The van der Waals surface area contributed by atoms with Gasteiger partial charge in [0.2, 0.25) is 47.3 Å². The molecular formula is C53H96N20O10S2. The number of unbranched alkanes of at least 4 members (excludes halogenated alkanes) is 5. The molecule has 85 heavy (non-hydrogen) atoms. The fourth-order valence-corrected chi connectivity index (χ4v) is 11.8. The standard InChI is InChI=1S/C53H96N20O10S2/c1-34(74)45(69-41(75)15-5-4-14-40-46-36(32-85-40)68-53(83)70-46)50(82)64-25-27-72(44(78)18-29-84)38(13-11-22-66-52(59)60)48(80)62-24-28-73(43(77)16-3-2-8-19-54)39(30-35-31-61-33-67-35)49(81)63-23-26-71(37(47(56)79)12-6-9-20-55)42(76)17-7-10-21-65-51(57)58/h31,33-34,36-40,45-46,74,84H,2-30,32,54-55H2,1H3,(H2,56,79)(H,61,67)(H,62,80)(H,63,81)(H,64,82)(H,69,75)(H4,57,58,65)(H4,59,60,66)(H2,68,70,83). The maximum atomic E-state index is 14.6. The molecule has 0 aliphatic carbocycles. The Morgan fingerprint density at radius 2 is 1.24 bits per heavy atom. The zero-order valence-electron chi connectivity index (χ0n) is 49.2. The van der Waals surface area contributed by atoms with Crippen LogP contribution in [0.3, 0.4) is 0 Å². The number of carbonyl (C=O) groups excluding carboxylic acids is 9. The molecule has 32 heteroatoms. The highest BCUT2D eigenvalue weighted by molar-refractivity contribution is 8.00. The number of rotatable bonds is 45. The van der Waals surface area contributed by atoms with E-state index in [1.54, 1.807) is 11.8 Å². The maximum Gasteiger partial charge on any atom is 0.315 e. The van der Waals surface area contributed by atoms with Crippen molar-refractivity contribution in [1.82, 2.24) is 56.6 Å². The van der Waals surface area contributed by atoms with Gasteiger partial charge in [0, 0.05) is 107 Å².